The van der Waals surface area contributed by atoms with Crippen molar-refractivity contribution < 1.29 is 9.53 Å². The van der Waals surface area contributed by atoms with Crippen LogP contribution in [0, 0.1) is 6.92 Å². The molecule has 1 aromatic heterocycles. The van der Waals surface area contributed by atoms with Gasteiger partial charge in [0.2, 0.25) is 11.9 Å². The van der Waals surface area contributed by atoms with Crippen molar-refractivity contribution in [1.29, 1.82) is 0 Å². The maximum absolute atomic E-state index is 12.4. The number of aryl methyl sites for hydroxylation is 1. The molecule has 0 atom stereocenters. The maximum Gasteiger partial charge on any atom is 0.247 e. The summed E-state index contributed by atoms with van der Waals surface area (Å²) in [7, 11) is 11.6. The maximum atomic E-state index is 12.4. The number of carbonyl (C=O) groups is 1. The Labute approximate surface area is 250 Å². The van der Waals surface area contributed by atoms with Gasteiger partial charge in [-0.15, -0.1) is 0 Å². The summed E-state index contributed by atoms with van der Waals surface area (Å²) < 4.78 is 5.81. The number of amides is 1. The summed E-state index contributed by atoms with van der Waals surface area (Å²) in [5, 5.41) is 6.34. The van der Waals surface area contributed by atoms with Gasteiger partial charge in [0.05, 0.1) is 29.9 Å². The van der Waals surface area contributed by atoms with Gasteiger partial charge in [0.1, 0.15) is 11.6 Å². The van der Waals surface area contributed by atoms with Crippen LogP contribution in [0.2, 0.25) is 0 Å². The Bertz CT molecular complexity index is 1450. The first kappa shape index (κ1) is 32.1. The van der Waals surface area contributed by atoms with Crippen LogP contribution in [0.3, 0.4) is 0 Å². The molecule has 0 saturated heterocycles. The van der Waals surface area contributed by atoms with Crippen molar-refractivity contribution in [1.82, 2.24) is 14.9 Å². The summed E-state index contributed by atoms with van der Waals surface area (Å²) in [6.07, 6.45) is 4.27. The van der Waals surface area contributed by atoms with Crippen molar-refractivity contribution in [2.24, 2.45) is 0 Å². The molecule has 0 aliphatic heterocycles. The molecule has 9 nitrogen and oxygen atoms in total. The molecule has 0 aliphatic carbocycles. The molecule has 0 spiro atoms. The lowest BCUT2D eigenvalue weighted by molar-refractivity contribution is -0.111. The quantitative estimate of drug-likeness (QED) is 0.251. The first-order valence-electron chi connectivity index (χ1n) is 14.1. The van der Waals surface area contributed by atoms with Crippen LogP contribution in [0.5, 0.6) is 5.75 Å². The Morgan fingerprint density at radius 3 is 2.36 bits per heavy atom. The number of nitrogens with zero attached hydrogens (tertiary/aromatic N) is 5. The Morgan fingerprint density at radius 1 is 1.05 bits per heavy atom. The van der Waals surface area contributed by atoms with Gasteiger partial charge >= 0.3 is 0 Å². The van der Waals surface area contributed by atoms with Gasteiger partial charge in [0.15, 0.2) is 0 Å². The molecule has 2 aromatic carbocycles. The van der Waals surface area contributed by atoms with Gasteiger partial charge in [-0.1, -0.05) is 43.8 Å². The molecule has 1 heterocycles. The third kappa shape index (κ3) is 7.47. The van der Waals surface area contributed by atoms with Crippen molar-refractivity contribution in [3.05, 3.63) is 77.5 Å². The fourth-order valence-electron chi connectivity index (χ4n) is 4.80. The number of ether oxygens (including phenoxy) is 1. The predicted octanol–water partition coefficient (Wildman–Crippen LogP) is 5.74. The minimum Gasteiger partial charge on any atom is -0.494 e. The molecule has 0 radical (unpaired) electrons. The largest absolute Gasteiger partial charge is 0.494 e. The van der Waals surface area contributed by atoms with Gasteiger partial charge in [-0.05, 0) is 57.6 Å². The third-order valence-electron chi connectivity index (χ3n) is 7.08. The zero-order valence-electron chi connectivity index (χ0n) is 26.5. The molecule has 3 aromatic rings. The number of rotatable bonds is 13. The van der Waals surface area contributed by atoms with Crippen LogP contribution in [0.1, 0.15) is 36.2 Å². The lowest BCUT2D eigenvalue weighted by atomic mass is 9.93. The van der Waals surface area contributed by atoms with Crippen LogP contribution in [0.15, 0.2) is 55.1 Å². The van der Waals surface area contributed by atoms with Crippen molar-refractivity contribution in [2.45, 2.75) is 27.2 Å². The number of nitrogens with one attached hydrogen (secondary N) is 2. The molecule has 0 saturated carbocycles. The normalized spacial score (nSPS) is 11.3. The zero-order valence-corrected chi connectivity index (χ0v) is 26.5. The van der Waals surface area contributed by atoms with E-state index in [0.717, 1.165) is 53.4 Å². The number of anilines is 5. The Kier molecular flexibility index (Phi) is 11.1. The van der Waals surface area contributed by atoms with Gasteiger partial charge in [-0.25, -0.2) is 4.98 Å². The summed E-state index contributed by atoms with van der Waals surface area (Å²) in [6, 6.07) is 12.2. The molecule has 2 N–H and O–H groups in total. The minimum atomic E-state index is -0.301. The van der Waals surface area contributed by atoms with Gasteiger partial charge in [0.25, 0.3) is 0 Å². The fourth-order valence-corrected chi connectivity index (χ4v) is 4.80. The SMILES string of the molecule is C=CC(=O)Nc1cc(Nc2nc(/C(=C/C)c3ccccc3CC)c(C)c(N(C)C)n2)c(OC)cc1N(C)CCN(C)C. The second-order valence-corrected chi connectivity index (χ2v) is 10.6. The summed E-state index contributed by atoms with van der Waals surface area (Å²) in [6.45, 7) is 11.5. The van der Waals surface area contributed by atoms with Crippen LogP contribution >= 0.6 is 0 Å². The van der Waals surface area contributed by atoms with Crippen molar-refractivity contribution >= 4 is 40.3 Å². The average Bonchev–Trinajstić information content (AvgIpc) is 2.97. The van der Waals surface area contributed by atoms with Crippen LogP contribution < -0.4 is 25.2 Å². The number of likely N-dealkylation sites (N-methyl/N-ethyl adjacent to an activating group) is 2. The molecular formula is C33H45N7O2. The van der Waals surface area contributed by atoms with Gasteiger partial charge in [-0.2, -0.15) is 4.98 Å². The van der Waals surface area contributed by atoms with E-state index in [1.54, 1.807) is 7.11 Å². The lowest BCUT2D eigenvalue weighted by Gasteiger charge is -2.26. The number of hydrogen-bond acceptors (Lipinski definition) is 8. The van der Waals surface area contributed by atoms with Crippen molar-refractivity contribution in [2.75, 3.05) is 75.9 Å². The molecule has 224 valence electrons. The average molecular weight is 572 g/mol. The van der Waals surface area contributed by atoms with Gasteiger partial charge in [0, 0.05) is 51.4 Å². The Hall–Kier alpha value is -4.37. The van der Waals surface area contributed by atoms with E-state index in [1.807, 2.05) is 66.1 Å². The van der Waals surface area contributed by atoms with Crippen molar-refractivity contribution in [3.8, 4) is 5.75 Å². The van der Waals surface area contributed by atoms with Crippen LogP contribution in [-0.4, -0.2) is 76.2 Å². The summed E-state index contributed by atoms with van der Waals surface area (Å²) in [5.74, 6) is 1.51. The monoisotopic (exact) mass is 571 g/mol. The molecular weight excluding hydrogens is 526 g/mol. The highest BCUT2D eigenvalue weighted by atomic mass is 16.5. The number of methoxy groups -OCH3 is 1. The molecule has 0 bridgehead atoms. The zero-order chi connectivity index (χ0) is 31.0. The topological polar surface area (TPSA) is 85.9 Å². The first-order valence-corrected chi connectivity index (χ1v) is 14.1. The summed E-state index contributed by atoms with van der Waals surface area (Å²) in [4.78, 5) is 28.5. The van der Waals surface area contributed by atoms with E-state index in [-0.39, 0.29) is 5.91 Å². The summed E-state index contributed by atoms with van der Waals surface area (Å²) in [5.41, 5.74) is 7.34. The summed E-state index contributed by atoms with van der Waals surface area (Å²) >= 11 is 0. The van der Waals surface area contributed by atoms with Crippen molar-refractivity contribution in [3.63, 3.8) is 0 Å². The van der Waals surface area contributed by atoms with Crippen LogP contribution in [0.4, 0.5) is 28.8 Å². The van der Waals surface area contributed by atoms with E-state index in [1.165, 1.54) is 11.6 Å². The molecule has 1 amide bonds. The van der Waals surface area contributed by atoms with Crippen LogP contribution in [-0.2, 0) is 11.2 Å². The molecule has 0 unspecified atom stereocenters. The predicted molar refractivity (Wildman–Crippen MR) is 177 cm³/mol. The van der Waals surface area contributed by atoms with E-state index < -0.39 is 0 Å². The smallest absolute Gasteiger partial charge is 0.247 e. The Morgan fingerprint density at radius 2 is 1.76 bits per heavy atom. The van der Waals surface area contributed by atoms with E-state index >= 15 is 0 Å². The first-order chi connectivity index (χ1) is 20.0. The fraction of sp³-hybridized carbons (Fsp3) is 0.364. The Balaban J connectivity index is 2.17. The molecule has 3 rings (SSSR count). The second-order valence-electron chi connectivity index (χ2n) is 10.6. The third-order valence-corrected chi connectivity index (χ3v) is 7.08. The highest BCUT2D eigenvalue weighted by Gasteiger charge is 2.21. The highest BCUT2D eigenvalue weighted by molar-refractivity contribution is 6.02. The lowest BCUT2D eigenvalue weighted by Crippen LogP contribution is -2.29. The molecule has 0 aliphatic rings. The number of aromatic nitrogens is 2. The van der Waals surface area contributed by atoms with E-state index in [9.17, 15) is 4.79 Å². The molecule has 42 heavy (non-hydrogen) atoms. The molecule has 0 fully saturated rings. The number of carbonyl (C=O) groups excluding carboxylic acids is 1. The van der Waals surface area contributed by atoms with Gasteiger partial charge < -0.3 is 30.1 Å². The standard InChI is InChI=1S/C33H45N7O2/c1-11-23-16-14-15-17-25(23)24(12-2)31-22(4)32(39(7)8)37-33(36-31)35-27-20-26(34-30(41)13-3)28(21-29(27)42-10)40(9)19-18-38(5)6/h12-17,20-21H,3,11,18-19H2,1-2,4-10H3,(H,34,41)(H,35,36,37)/b24-12+. The number of allylic oxidation sites excluding steroid dienone is 1. The van der Waals surface area contributed by atoms with E-state index in [0.29, 0.717) is 23.1 Å². The molecule has 9 heteroatoms. The van der Waals surface area contributed by atoms with E-state index in [4.69, 9.17) is 14.7 Å². The van der Waals surface area contributed by atoms with E-state index in [2.05, 4.69) is 64.3 Å². The second kappa shape index (κ2) is 14.5. The van der Waals surface area contributed by atoms with Crippen LogP contribution in [0.25, 0.3) is 5.57 Å². The number of benzene rings is 2. The highest BCUT2D eigenvalue weighted by Crippen LogP contribution is 2.39. The van der Waals surface area contributed by atoms with Gasteiger partial charge in [-0.3, -0.25) is 4.79 Å². The number of hydrogen-bond donors (Lipinski definition) is 2. The minimum absolute atomic E-state index is 0.301.